The second-order valence-electron chi connectivity index (χ2n) is 27.4. The first-order valence-electron chi connectivity index (χ1n) is 36.5. The van der Waals surface area contributed by atoms with Crippen molar-refractivity contribution < 1.29 is 90.0 Å². The van der Waals surface area contributed by atoms with Gasteiger partial charge in [0.1, 0.15) is 69.0 Å². The summed E-state index contributed by atoms with van der Waals surface area (Å²) < 4.78 is 85.5. The molecule has 2 heterocycles. The lowest BCUT2D eigenvalue weighted by Gasteiger charge is -2.49. The third-order valence-electron chi connectivity index (χ3n) is 18.8. The highest BCUT2D eigenvalue weighted by atomic mass is 28.4. The molecule has 7 aromatic carbocycles. The van der Waals surface area contributed by atoms with Gasteiger partial charge < -0.3 is 71.0 Å². The Labute approximate surface area is 627 Å². The topological polar surface area (TPSA) is 274 Å². The van der Waals surface area contributed by atoms with Crippen molar-refractivity contribution in [1.29, 1.82) is 0 Å². The summed E-state index contributed by atoms with van der Waals surface area (Å²) in [5, 5.41) is 4.27. The Morgan fingerprint density at radius 1 is 0.477 bits per heavy atom. The lowest BCUT2D eigenvalue weighted by Crippen LogP contribution is -2.66. The molecule has 1 amide bonds. The van der Waals surface area contributed by atoms with Gasteiger partial charge in [0, 0.05) is 31.0 Å². The summed E-state index contributed by atoms with van der Waals surface area (Å²) in [6.45, 7) is 13.9. The van der Waals surface area contributed by atoms with Crippen molar-refractivity contribution in [3.8, 4) is 0 Å². The van der Waals surface area contributed by atoms with E-state index in [-0.39, 0.29) is 99.4 Å². The molecule has 0 bridgehead atoms. The molecule has 0 N–H and O–H groups in total. The third-order valence-corrected chi connectivity index (χ3v) is 24.8. The lowest BCUT2D eigenvalue weighted by molar-refractivity contribution is -0.353. The molecule has 0 spiro atoms. The summed E-state index contributed by atoms with van der Waals surface area (Å²) in [5.41, 5.74) is 15.9. The summed E-state index contributed by atoms with van der Waals surface area (Å²) in [7, 11) is -2.55. The van der Waals surface area contributed by atoms with E-state index in [4.69, 9.17) is 61.3 Å². The van der Waals surface area contributed by atoms with E-state index in [9.17, 15) is 34.3 Å². The molecule has 0 aliphatic carbocycles. The minimum Gasteiger partial charge on any atom is -0.459 e. The van der Waals surface area contributed by atoms with Crippen LogP contribution in [0, 0.1) is 0 Å². The highest BCUT2D eigenvalue weighted by Crippen LogP contribution is 2.43. The average Bonchev–Trinajstić information content (AvgIpc) is 0.766. The van der Waals surface area contributed by atoms with Crippen LogP contribution in [0.1, 0.15) is 139 Å². The zero-order valence-corrected chi connectivity index (χ0v) is 62.8. The zero-order chi connectivity index (χ0) is 75.9. The number of Topliss-reactive ketones (excluding diaryl/α,β-unsaturated/α-hetero) is 1. The first kappa shape index (κ1) is 81.6. The fourth-order valence-corrected chi connectivity index (χ4v) is 18.7. The van der Waals surface area contributed by atoms with E-state index in [1.54, 1.807) is 89.8 Å². The van der Waals surface area contributed by atoms with Crippen molar-refractivity contribution in [2.45, 2.75) is 192 Å². The Hall–Kier alpha value is -9.43. The Bertz CT molecular complexity index is 3900. The zero-order valence-electron chi connectivity index (χ0n) is 61.8. The van der Waals surface area contributed by atoms with Crippen LogP contribution in [0.5, 0.6) is 0 Å². The van der Waals surface area contributed by atoms with E-state index in [2.05, 4.69) is 51.6 Å². The largest absolute Gasteiger partial charge is 0.459 e. The number of ether oxygens (including phenoxy) is 12. The van der Waals surface area contributed by atoms with Crippen LogP contribution >= 0.6 is 0 Å². The number of azide groups is 1. The predicted molar refractivity (Wildman–Crippen MR) is 399 cm³/mol. The van der Waals surface area contributed by atoms with E-state index < -0.39 is 106 Å². The van der Waals surface area contributed by atoms with Crippen molar-refractivity contribution in [3.05, 3.63) is 261 Å². The van der Waals surface area contributed by atoms with Gasteiger partial charge in [-0.2, -0.15) is 0 Å². The van der Waals surface area contributed by atoms with Crippen molar-refractivity contribution in [2.24, 2.45) is 5.11 Å². The van der Waals surface area contributed by atoms with E-state index in [0.717, 1.165) is 22.3 Å². The fourth-order valence-electron chi connectivity index (χ4n) is 13.4. The van der Waals surface area contributed by atoms with E-state index in [1.807, 2.05) is 121 Å². The third kappa shape index (κ3) is 24.3. The summed E-state index contributed by atoms with van der Waals surface area (Å²) in [6.07, 6.45) is -12.2. The predicted octanol–water partition coefficient (Wildman–Crippen LogP) is 15.6. The SMILES string of the molecule is CC(=O)CCC(=O)O[C@H]1[C@H](OCc2ccccc2)[C@@H](N=[N+]=[N-])[C@@H](O[C@H]2[C@H](OCc3ccccc3)[C@@H](OC(=O)c3ccccc3)[C@H](OCCCCCN(Cc3ccccc3)C(=O)OCc3ccc(COC(=O)c4ccccc4)cc3)O[C@H]2COCO[Si](C(C)C)(C(C)C)C(C)C)O[C@@H]1COC(=O)c1ccccc1. The number of amides is 1. The number of rotatable bonds is 40. The van der Waals surface area contributed by atoms with Gasteiger partial charge in [-0.15, -0.1) is 0 Å². The highest BCUT2D eigenvalue weighted by molar-refractivity contribution is 6.77. The van der Waals surface area contributed by atoms with Crippen molar-refractivity contribution in [3.63, 3.8) is 0 Å². The van der Waals surface area contributed by atoms with Gasteiger partial charge in [0.2, 0.25) is 8.32 Å². The van der Waals surface area contributed by atoms with Crippen LogP contribution in [0.15, 0.2) is 211 Å². The molecule has 0 saturated carbocycles. The molecule has 568 valence electrons. The second kappa shape index (κ2) is 42.2. The highest BCUT2D eigenvalue weighted by Gasteiger charge is 2.56. The van der Waals surface area contributed by atoms with Gasteiger partial charge in [-0.1, -0.05) is 217 Å². The first-order valence-corrected chi connectivity index (χ1v) is 38.6. The smallest absolute Gasteiger partial charge is 0.410 e. The molecule has 2 aliphatic rings. The van der Waals surface area contributed by atoms with Crippen LogP contribution in [0.25, 0.3) is 10.4 Å². The van der Waals surface area contributed by atoms with Crippen LogP contribution < -0.4 is 0 Å². The number of benzene rings is 7. The normalized spacial score (nSPS) is 20.0. The van der Waals surface area contributed by atoms with Crippen LogP contribution in [-0.2, 0) is 104 Å². The monoisotopic (exact) mass is 1480 g/mol. The Morgan fingerprint density at radius 2 is 0.953 bits per heavy atom. The molecule has 0 unspecified atom stereocenters. The lowest BCUT2D eigenvalue weighted by atomic mass is 9.95. The Kier molecular flexibility index (Phi) is 32.2. The Balaban J connectivity index is 1.02. The molecule has 23 nitrogen and oxygen atoms in total. The van der Waals surface area contributed by atoms with Crippen LogP contribution in [-0.4, -0.2) is 143 Å². The maximum atomic E-state index is 14.7. The van der Waals surface area contributed by atoms with E-state index >= 15 is 0 Å². The van der Waals surface area contributed by atoms with Gasteiger partial charge in [-0.3, -0.25) is 4.79 Å². The summed E-state index contributed by atoms with van der Waals surface area (Å²) >= 11 is 0. The number of esters is 4. The second-order valence-corrected chi connectivity index (χ2v) is 32.8. The molecule has 24 heteroatoms. The standard InChI is InChI=1S/C83H98N4O19Si/c1-57(2)107(58(3)4,59(5)6)101-56-94-54-69-74(106-81-72(85-86-84)75(96-50-62-31-17-9-18-32-62)73(104-71(89)46-41-60(7)88)70(102-81)55-99-79(91)67-37-23-12-24-38-67)76(97-51-63-33-19-10-20-34-63)77(105-80(92)68-39-25-13-26-40-68)82(103-69)95-48-28-14-27-47-87(49-61-29-15-8-16-30-61)83(93)100-53-65-44-42-64(43-45-65)52-98-78(90)66-35-21-11-22-36-66/h8-13,15-26,29-40,42-45,57-59,69-70,72-77,81-82H,14,27-28,41,46-56H2,1-7H3/t69-,70+,72+,73+,74+,75+,76-,77+,81+,82+/m0/s1. The number of unbranched alkanes of at least 4 members (excludes halogenated alkanes) is 2. The van der Waals surface area contributed by atoms with Crippen LogP contribution in [0.4, 0.5) is 4.79 Å². The molecule has 2 fully saturated rings. The summed E-state index contributed by atoms with van der Waals surface area (Å²) in [5.74, 6) is -3.00. The minimum atomic E-state index is -2.55. The number of hydrogen-bond donors (Lipinski definition) is 0. The maximum Gasteiger partial charge on any atom is 0.410 e. The molecule has 7 aromatic rings. The molecule has 2 saturated heterocycles. The van der Waals surface area contributed by atoms with E-state index in [0.29, 0.717) is 36.9 Å². The molecular weight excluding hydrogens is 1390 g/mol. The van der Waals surface area contributed by atoms with Crippen molar-refractivity contribution >= 4 is 44.1 Å². The minimum absolute atomic E-state index is 0.00296. The summed E-state index contributed by atoms with van der Waals surface area (Å²) in [6, 6.07) is 59.2. The molecule has 107 heavy (non-hydrogen) atoms. The average molecular weight is 1480 g/mol. The molecule has 2 aliphatic heterocycles. The van der Waals surface area contributed by atoms with E-state index in [1.165, 1.54) is 6.92 Å². The van der Waals surface area contributed by atoms with Crippen LogP contribution in [0.2, 0.25) is 16.6 Å². The fraction of sp³-hybridized carbons (Fsp3) is 0.422. The molecule has 0 radical (unpaired) electrons. The number of carbonyl (C=O) groups excluding carboxylic acids is 6. The first-order chi connectivity index (χ1) is 51.9. The van der Waals surface area contributed by atoms with Gasteiger partial charge >= 0.3 is 30.0 Å². The Morgan fingerprint density at radius 3 is 1.49 bits per heavy atom. The molecule has 10 atom stereocenters. The number of carbonyl (C=O) groups is 6. The van der Waals surface area contributed by atoms with Gasteiger partial charge in [-0.05, 0) is 113 Å². The van der Waals surface area contributed by atoms with Gasteiger partial charge in [0.15, 0.2) is 24.8 Å². The number of ketones is 1. The van der Waals surface area contributed by atoms with Crippen molar-refractivity contribution in [1.82, 2.24) is 4.90 Å². The molecule has 0 aromatic heterocycles. The quantitative estimate of drug-likeness (QED) is 0.00504. The van der Waals surface area contributed by atoms with Crippen molar-refractivity contribution in [2.75, 3.05) is 33.2 Å². The number of nitrogens with zero attached hydrogens (tertiary/aromatic N) is 4. The number of hydrogen-bond acceptors (Lipinski definition) is 20. The summed E-state index contributed by atoms with van der Waals surface area (Å²) in [4.78, 5) is 86.4. The van der Waals surface area contributed by atoms with Gasteiger partial charge in [0.05, 0.1) is 42.9 Å². The molecular formula is C83H98N4O19Si. The van der Waals surface area contributed by atoms with Crippen LogP contribution in [0.3, 0.4) is 0 Å². The molecule has 9 rings (SSSR count). The maximum absolute atomic E-state index is 14.7. The van der Waals surface area contributed by atoms with Gasteiger partial charge in [0.25, 0.3) is 0 Å². The van der Waals surface area contributed by atoms with Gasteiger partial charge in [-0.25, -0.2) is 19.2 Å².